The van der Waals surface area contributed by atoms with Crippen molar-refractivity contribution in [3.63, 3.8) is 0 Å². The molecule has 0 bridgehead atoms. The molecular formula is C17H16N2O2. The number of benzene rings is 2. The fraction of sp³-hybridized carbons (Fsp3) is 0.176. The van der Waals surface area contributed by atoms with Crippen LogP contribution in [0.2, 0.25) is 0 Å². The lowest BCUT2D eigenvalue weighted by molar-refractivity contribution is -0.119. The number of nitrogen functional groups attached to an aromatic ring is 1. The van der Waals surface area contributed by atoms with Crippen LogP contribution >= 0.6 is 0 Å². The Bertz CT molecular complexity index is 746. The van der Waals surface area contributed by atoms with E-state index >= 15 is 0 Å². The van der Waals surface area contributed by atoms with Crippen molar-refractivity contribution >= 4 is 23.1 Å². The maximum Gasteiger partial charge on any atom is 0.234 e. The Morgan fingerprint density at radius 3 is 2.33 bits per heavy atom. The molecule has 0 aromatic heterocycles. The molecule has 2 aromatic carbocycles. The highest BCUT2D eigenvalue weighted by atomic mass is 16.2. The second-order valence-electron chi connectivity index (χ2n) is 5.79. The normalized spacial score (nSPS) is 15.4. The predicted octanol–water partition coefficient (Wildman–Crippen LogP) is 2.73. The molecule has 1 aliphatic rings. The van der Waals surface area contributed by atoms with E-state index in [0.29, 0.717) is 16.8 Å². The molecule has 4 heteroatoms. The quantitative estimate of drug-likeness (QED) is 0.656. The van der Waals surface area contributed by atoms with Gasteiger partial charge in [-0.25, -0.2) is 0 Å². The molecule has 106 valence electrons. The van der Waals surface area contributed by atoms with E-state index in [1.807, 2.05) is 13.8 Å². The zero-order valence-electron chi connectivity index (χ0n) is 11.9. The highest BCUT2D eigenvalue weighted by Gasteiger charge is 2.38. The van der Waals surface area contributed by atoms with Crippen LogP contribution in [-0.4, -0.2) is 11.7 Å². The molecule has 3 rings (SSSR count). The number of amides is 1. The second kappa shape index (κ2) is 4.45. The van der Waals surface area contributed by atoms with E-state index in [1.165, 1.54) is 0 Å². The Balaban J connectivity index is 2.02. The van der Waals surface area contributed by atoms with Gasteiger partial charge in [0.15, 0.2) is 5.78 Å². The number of carbonyl (C=O) groups excluding carboxylic acids is 2. The number of nitrogens with one attached hydrogen (secondary N) is 1. The Hall–Kier alpha value is -2.62. The van der Waals surface area contributed by atoms with Crippen LogP contribution in [0.15, 0.2) is 42.5 Å². The molecule has 1 aliphatic heterocycles. The summed E-state index contributed by atoms with van der Waals surface area (Å²) in [6.07, 6.45) is 0. The Morgan fingerprint density at radius 2 is 1.67 bits per heavy atom. The topological polar surface area (TPSA) is 72.2 Å². The number of rotatable bonds is 2. The van der Waals surface area contributed by atoms with E-state index < -0.39 is 5.41 Å². The highest BCUT2D eigenvalue weighted by molar-refractivity contribution is 6.11. The number of hydrogen-bond donors (Lipinski definition) is 2. The first-order chi connectivity index (χ1) is 9.89. The number of fused-ring (bicyclic) bond motifs is 1. The van der Waals surface area contributed by atoms with Crippen molar-refractivity contribution in [1.29, 1.82) is 0 Å². The second-order valence-corrected chi connectivity index (χ2v) is 5.79. The van der Waals surface area contributed by atoms with Gasteiger partial charge in [0, 0.05) is 22.5 Å². The van der Waals surface area contributed by atoms with Crippen molar-refractivity contribution in [2.75, 3.05) is 11.1 Å². The summed E-state index contributed by atoms with van der Waals surface area (Å²) in [6.45, 7) is 3.71. The number of hydrogen-bond acceptors (Lipinski definition) is 3. The Morgan fingerprint density at radius 1 is 1.05 bits per heavy atom. The van der Waals surface area contributed by atoms with Gasteiger partial charge in [0.05, 0.1) is 5.41 Å². The van der Waals surface area contributed by atoms with Crippen LogP contribution in [0.5, 0.6) is 0 Å². The van der Waals surface area contributed by atoms with E-state index in [2.05, 4.69) is 5.32 Å². The molecule has 1 amide bonds. The third-order valence-corrected chi connectivity index (χ3v) is 3.94. The van der Waals surface area contributed by atoms with E-state index in [1.54, 1.807) is 42.5 Å². The van der Waals surface area contributed by atoms with Gasteiger partial charge in [0.25, 0.3) is 0 Å². The summed E-state index contributed by atoms with van der Waals surface area (Å²) in [5.41, 5.74) is 8.42. The van der Waals surface area contributed by atoms with Gasteiger partial charge in [-0.1, -0.05) is 0 Å². The van der Waals surface area contributed by atoms with E-state index in [4.69, 9.17) is 5.73 Å². The Labute approximate surface area is 123 Å². The molecule has 0 atom stereocenters. The molecule has 0 unspecified atom stereocenters. The summed E-state index contributed by atoms with van der Waals surface area (Å²) in [4.78, 5) is 24.4. The maximum absolute atomic E-state index is 12.5. The summed E-state index contributed by atoms with van der Waals surface area (Å²) >= 11 is 0. The van der Waals surface area contributed by atoms with Gasteiger partial charge in [-0.15, -0.1) is 0 Å². The maximum atomic E-state index is 12.5. The first-order valence-electron chi connectivity index (χ1n) is 6.76. The molecule has 1 heterocycles. The molecule has 0 saturated heterocycles. The molecule has 3 N–H and O–H groups in total. The van der Waals surface area contributed by atoms with Crippen molar-refractivity contribution in [3.8, 4) is 0 Å². The monoisotopic (exact) mass is 280 g/mol. The summed E-state index contributed by atoms with van der Waals surface area (Å²) in [6, 6.07) is 12.1. The third-order valence-electron chi connectivity index (χ3n) is 3.94. The van der Waals surface area contributed by atoms with E-state index in [0.717, 1.165) is 11.3 Å². The fourth-order valence-corrected chi connectivity index (χ4v) is 2.51. The molecule has 0 saturated carbocycles. The zero-order chi connectivity index (χ0) is 15.2. The van der Waals surface area contributed by atoms with Crippen LogP contribution < -0.4 is 11.1 Å². The molecular weight excluding hydrogens is 264 g/mol. The van der Waals surface area contributed by atoms with E-state index in [9.17, 15) is 9.59 Å². The first kappa shape index (κ1) is 13.4. The van der Waals surface area contributed by atoms with Gasteiger partial charge in [0.1, 0.15) is 0 Å². The zero-order valence-corrected chi connectivity index (χ0v) is 11.9. The molecule has 0 radical (unpaired) electrons. The number of carbonyl (C=O) groups is 2. The predicted molar refractivity (Wildman–Crippen MR) is 82.4 cm³/mol. The van der Waals surface area contributed by atoms with Gasteiger partial charge in [0.2, 0.25) is 5.91 Å². The van der Waals surface area contributed by atoms with Crippen LogP contribution in [0.25, 0.3) is 0 Å². The molecule has 4 nitrogen and oxygen atoms in total. The van der Waals surface area contributed by atoms with Crippen molar-refractivity contribution in [3.05, 3.63) is 59.2 Å². The largest absolute Gasteiger partial charge is 0.399 e. The van der Waals surface area contributed by atoms with Crippen LogP contribution in [0, 0.1) is 0 Å². The van der Waals surface area contributed by atoms with Gasteiger partial charge < -0.3 is 11.1 Å². The number of nitrogens with two attached hydrogens (primary N) is 1. The summed E-state index contributed by atoms with van der Waals surface area (Å²) in [5.74, 6) is -0.123. The van der Waals surface area contributed by atoms with Crippen LogP contribution in [0.1, 0.15) is 35.3 Å². The van der Waals surface area contributed by atoms with Crippen molar-refractivity contribution < 1.29 is 9.59 Å². The average Bonchev–Trinajstić information content (AvgIpc) is 2.69. The molecule has 21 heavy (non-hydrogen) atoms. The van der Waals surface area contributed by atoms with Crippen molar-refractivity contribution in [2.24, 2.45) is 0 Å². The minimum Gasteiger partial charge on any atom is -0.399 e. The molecule has 0 aliphatic carbocycles. The lowest BCUT2D eigenvalue weighted by Crippen LogP contribution is -2.27. The Kier molecular flexibility index (Phi) is 2.83. The van der Waals surface area contributed by atoms with Gasteiger partial charge in [-0.05, 0) is 61.9 Å². The minimum absolute atomic E-state index is 0.0467. The fourth-order valence-electron chi connectivity index (χ4n) is 2.51. The van der Waals surface area contributed by atoms with Gasteiger partial charge in [-0.2, -0.15) is 0 Å². The van der Waals surface area contributed by atoms with E-state index in [-0.39, 0.29) is 11.7 Å². The van der Waals surface area contributed by atoms with Crippen molar-refractivity contribution in [2.45, 2.75) is 19.3 Å². The van der Waals surface area contributed by atoms with Crippen LogP contribution in [0.3, 0.4) is 0 Å². The highest BCUT2D eigenvalue weighted by Crippen LogP contribution is 2.37. The SMILES string of the molecule is CC1(C)C(=O)Nc2ccc(C(=O)c3ccc(N)cc3)cc21. The smallest absolute Gasteiger partial charge is 0.234 e. The standard InChI is InChI=1S/C17H16N2O2/c1-17(2)13-9-11(5-8-14(13)19-16(17)21)15(20)10-3-6-12(18)7-4-10/h3-9H,18H2,1-2H3,(H,19,21). The van der Waals surface area contributed by atoms with Gasteiger partial charge in [-0.3, -0.25) is 9.59 Å². The van der Waals surface area contributed by atoms with Crippen LogP contribution in [-0.2, 0) is 10.2 Å². The molecule has 0 spiro atoms. The number of ketones is 1. The lowest BCUT2D eigenvalue weighted by atomic mass is 9.84. The summed E-state index contributed by atoms with van der Waals surface area (Å²) in [5, 5.41) is 2.83. The van der Waals surface area contributed by atoms with Crippen LogP contribution in [0.4, 0.5) is 11.4 Å². The lowest BCUT2D eigenvalue weighted by Gasteiger charge is -2.15. The number of anilines is 2. The van der Waals surface area contributed by atoms with Crippen molar-refractivity contribution in [1.82, 2.24) is 0 Å². The summed E-state index contributed by atoms with van der Waals surface area (Å²) < 4.78 is 0. The summed E-state index contributed by atoms with van der Waals surface area (Å²) in [7, 11) is 0. The molecule has 0 fully saturated rings. The first-order valence-corrected chi connectivity index (χ1v) is 6.76. The average molecular weight is 280 g/mol. The minimum atomic E-state index is -0.618. The van der Waals surface area contributed by atoms with Gasteiger partial charge >= 0.3 is 0 Å². The molecule has 2 aromatic rings. The third kappa shape index (κ3) is 2.09.